The predicted octanol–water partition coefficient (Wildman–Crippen LogP) is -0.321. The van der Waals surface area contributed by atoms with Crippen molar-refractivity contribution >= 4 is 11.9 Å². The highest BCUT2D eigenvalue weighted by atomic mass is 16.3. The number of piperidine rings is 1. The van der Waals surface area contributed by atoms with Crippen LogP contribution in [0.25, 0.3) is 0 Å². The number of nitrogens with zero attached hydrogens (tertiary/aromatic N) is 1. The summed E-state index contributed by atoms with van der Waals surface area (Å²) >= 11 is 0. The molecule has 1 rings (SSSR count). The Balaban J connectivity index is 2.18. The normalized spacial score (nSPS) is 17.8. The number of hydrogen-bond acceptors (Lipinski definition) is 4. The Labute approximate surface area is 101 Å². The van der Waals surface area contributed by atoms with Gasteiger partial charge in [-0.25, -0.2) is 4.79 Å². The fraction of sp³-hybridized carbons (Fsp3) is 0.818. The van der Waals surface area contributed by atoms with Crippen LogP contribution < -0.4 is 10.6 Å². The monoisotopic (exact) mass is 243 g/mol. The molecule has 1 saturated heterocycles. The van der Waals surface area contributed by atoms with Crippen molar-refractivity contribution in [3.05, 3.63) is 0 Å². The van der Waals surface area contributed by atoms with Crippen LogP contribution in [-0.2, 0) is 4.79 Å². The number of imide groups is 1. The van der Waals surface area contributed by atoms with Crippen LogP contribution in [0.4, 0.5) is 4.79 Å². The molecule has 0 bridgehead atoms. The first-order chi connectivity index (χ1) is 8.11. The lowest BCUT2D eigenvalue weighted by atomic mass is 10.1. The van der Waals surface area contributed by atoms with E-state index >= 15 is 0 Å². The highest BCUT2D eigenvalue weighted by Crippen LogP contribution is 2.08. The molecule has 3 N–H and O–H groups in total. The van der Waals surface area contributed by atoms with E-state index in [4.69, 9.17) is 0 Å². The molecule has 0 aromatic rings. The number of amides is 3. The molecule has 98 valence electrons. The van der Waals surface area contributed by atoms with Crippen LogP contribution in [0.15, 0.2) is 0 Å². The number of hydrogen-bond donors (Lipinski definition) is 3. The minimum atomic E-state index is -0.436. The van der Waals surface area contributed by atoms with Crippen molar-refractivity contribution < 1.29 is 14.7 Å². The van der Waals surface area contributed by atoms with Gasteiger partial charge in [0.25, 0.3) is 0 Å². The van der Waals surface area contributed by atoms with Crippen molar-refractivity contribution in [2.75, 3.05) is 26.2 Å². The van der Waals surface area contributed by atoms with E-state index in [9.17, 15) is 14.7 Å². The van der Waals surface area contributed by atoms with Crippen LogP contribution >= 0.6 is 0 Å². The maximum Gasteiger partial charge on any atom is 0.321 e. The molecule has 1 heterocycles. The first-order valence-corrected chi connectivity index (χ1v) is 6.10. The summed E-state index contributed by atoms with van der Waals surface area (Å²) in [5.74, 6) is -0.296. The van der Waals surface area contributed by atoms with Crippen molar-refractivity contribution in [2.45, 2.75) is 32.3 Å². The molecule has 0 aliphatic carbocycles. The molecule has 0 spiro atoms. The standard InChI is InChI=1S/C11H21N3O3/c1-2-5-12-11(17)13-10(16)8-14-6-3-9(15)4-7-14/h9,15H,2-8H2,1H3,(H2,12,13,16,17). The number of aliphatic hydroxyl groups excluding tert-OH is 1. The van der Waals surface area contributed by atoms with Crippen molar-refractivity contribution in [3.63, 3.8) is 0 Å². The van der Waals surface area contributed by atoms with E-state index in [0.717, 1.165) is 6.42 Å². The maximum atomic E-state index is 11.5. The van der Waals surface area contributed by atoms with Gasteiger partial charge in [-0.2, -0.15) is 0 Å². The van der Waals surface area contributed by atoms with Gasteiger partial charge in [0.2, 0.25) is 5.91 Å². The number of carbonyl (C=O) groups is 2. The van der Waals surface area contributed by atoms with E-state index in [2.05, 4.69) is 10.6 Å². The van der Waals surface area contributed by atoms with Gasteiger partial charge in [0.15, 0.2) is 0 Å². The van der Waals surface area contributed by atoms with Crippen LogP contribution in [0, 0.1) is 0 Å². The van der Waals surface area contributed by atoms with Gasteiger partial charge in [-0.3, -0.25) is 15.0 Å². The number of likely N-dealkylation sites (tertiary alicyclic amines) is 1. The molecule has 0 aromatic heterocycles. The second-order valence-corrected chi connectivity index (χ2v) is 4.31. The molecule has 3 amide bonds. The molecule has 1 fully saturated rings. The van der Waals surface area contributed by atoms with Crippen LogP contribution in [0.2, 0.25) is 0 Å². The van der Waals surface area contributed by atoms with E-state index < -0.39 is 6.03 Å². The van der Waals surface area contributed by atoms with Crippen LogP contribution in [-0.4, -0.2) is 54.2 Å². The first-order valence-electron chi connectivity index (χ1n) is 6.10. The minimum Gasteiger partial charge on any atom is -0.393 e. The first kappa shape index (κ1) is 13.9. The summed E-state index contributed by atoms with van der Waals surface area (Å²) in [5, 5.41) is 14.2. The summed E-state index contributed by atoms with van der Waals surface area (Å²) in [6.07, 6.45) is 1.97. The van der Waals surface area contributed by atoms with E-state index in [0.29, 0.717) is 32.5 Å². The zero-order valence-electron chi connectivity index (χ0n) is 10.2. The molecule has 6 nitrogen and oxygen atoms in total. The maximum absolute atomic E-state index is 11.5. The summed E-state index contributed by atoms with van der Waals surface area (Å²) in [6.45, 7) is 4.12. The van der Waals surface area contributed by atoms with Crippen molar-refractivity contribution in [3.8, 4) is 0 Å². The largest absolute Gasteiger partial charge is 0.393 e. The van der Waals surface area contributed by atoms with E-state index in [1.165, 1.54) is 0 Å². The average molecular weight is 243 g/mol. The molecular weight excluding hydrogens is 222 g/mol. The summed E-state index contributed by atoms with van der Waals surface area (Å²) in [4.78, 5) is 24.6. The smallest absolute Gasteiger partial charge is 0.321 e. The third-order valence-corrected chi connectivity index (χ3v) is 2.71. The number of carbonyl (C=O) groups excluding carboxylic acids is 2. The molecule has 6 heteroatoms. The Kier molecular flexibility index (Phi) is 5.93. The molecule has 1 aliphatic heterocycles. The summed E-state index contributed by atoms with van der Waals surface area (Å²) < 4.78 is 0. The zero-order valence-corrected chi connectivity index (χ0v) is 10.2. The van der Waals surface area contributed by atoms with Gasteiger partial charge in [-0.15, -0.1) is 0 Å². The summed E-state index contributed by atoms with van der Waals surface area (Å²) in [6, 6.07) is -0.436. The molecule has 0 radical (unpaired) electrons. The van der Waals surface area contributed by atoms with Crippen molar-refractivity contribution in [1.82, 2.24) is 15.5 Å². The van der Waals surface area contributed by atoms with Gasteiger partial charge < -0.3 is 10.4 Å². The average Bonchev–Trinajstić information content (AvgIpc) is 2.29. The Bertz CT molecular complexity index is 263. The number of rotatable bonds is 4. The summed E-state index contributed by atoms with van der Waals surface area (Å²) in [7, 11) is 0. The summed E-state index contributed by atoms with van der Waals surface area (Å²) in [5.41, 5.74) is 0. The highest BCUT2D eigenvalue weighted by molar-refractivity contribution is 5.95. The van der Waals surface area contributed by atoms with Crippen LogP contribution in [0.3, 0.4) is 0 Å². The molecule has 0 unspecified atom stereocenters. The Morgan fingerprint density at radius 1 is 1.35 bits per heavy atom. The van der Waals surface area contributed by atoms with E-state index in [1.54, 1.807) is 0 Å². The minimum absolute atomic E-state index is 0.215. The lowest BCUT2D eigenvalue weighted by molar-refractivity contribution is -0.121. The lowest BCUT2D eigenvalue weighted by Crippen LogP contribution is -2.46. The quantitative estimate of drug-likeness (QED) is 0.632. The van der Waals surface area contributed by atoms with Gasteiger partial charge in [0, 0.05) is 19.6 Å². The van der Waals surface area contributed by atoms with Gasteiger partial charge >= 0.3 is 6.03 Å². The van der Waals surface area contributed by atoms with E-state index in [1.807, 2.05) is 11.8 Å². The number of urea groups is 1. The zero-order chi connectivity index (χ0) is 12.7. The molecule has 0 atom stereocenters. The molecule has 0 saturated carbocycles. The number of aliphatic hydroxyl groups is 1. The predicted molar refractivity (Wildman–Crippen MR) is 63.5 cm³/mol. The number of nitrogens with one attached hydrogen (secondary N) is 2. The second-order valence-electron chi connectivity index (χ2n) is 4.31. The third-order valence-electron chi connectivity index (χ3n) is 2.71. The van der Waals surface area contributed by atoms with Gasteiger partial charge in [-0.05, 0) is 19.3 Å². The molecular formula is C11H21N3O3. The highest BCUT2D eigenvalue weighted by Gasteiger charge is 2.19. The van der Waals surface area contributed by atoms with Gasteiger partial charge in [0.1, 0.15) is 0 Å². The van der Waals surface area contributed by atoms with Crippen molar-refractivity contribution in [2.24, 2.45) is 0 Å². The topological polar surface area (TPSA) is 81.7 Å². The fourth-order valence-corrected chi connectivity index (χ4v) is 1.73. The van der Waals surface area contributed by atoms with Crippen LogP contribution in [0.1, 0.15) is 26.2 Å². The molecule has 0 aromatic carbocycles. The third kappa shape index (κ3) is 5.65. The van der Waals surface area contributed by atoms with E-state index in [-0.39, 0.29) is 18.6 Å². The Morgan fingerprint density at radius 2 is 2.00 bits per heavy atom. The van der Waals surface area contributed by atoms with Crippen LogP contribution in [0.5, 0.6) is 0 Å². The van der Waals surface area contributed by atoms with Gasteiger partial charge in [0.05, 0.1) is 12.6 Å². The second kappa shape index (κ2) is 7.24. The molecule has 1 aliphatic rings. The SMILES string of the molecule is CCCNC(=O)NC(=O)CN1CCC(O)CC1. The lowest BCUT2D eigenvalue weighted by Gasteiger charge is -2.28. The Hall–Kier alpha value is -1.14. The van der Waals surface area contributed by atoms with Crippen molar-refractivity contribution in [1.29, 1.82) is 0 Å². The van der Waals surface area contributed by atoms with Gasteiger partial charge in [-0.1, -0.05) is 6.92 Å². The fourth-order valence-electron chi connectivity index (χ4n) is 1.73. The molecule has 17 heavy (non-hydrogen) atoms. The Morgan fingerprint density at radius 3 is 2.59 bits per heavy atom.